The molecule has 4 heteroatoms. The van der Waals surface area contributed by atoms with Crippen LogP contribution in [0.4, 0.5) is 0 Å². The number of nitrogens with zero attached hydrogens (tertiary/aromatic N) is 2. The van der Waals surface area contributed by atoms with E-state index in [1.165, 1.54) is 0 Å². The molecule has 1 aromatic heterocycles. The van der Waals surface area contributed by atoms with Crippen LogP contribution in [0.2, 0.25) is 5.02 Å². The van der Waals surface area contributed by atoms with Crippen LogP contribution >= 0.6 is 11.6 Å². The summed E-state index contributed by atoms with van der Waals surface area (Å²) in [5.74, 6) is 0.363. The molecule has 16 heavy (non-hydrogen) atoms. The van der Waals surface area contributed by atoms with Crippen molar-refractivity contribution in [2.24, 2.45) is 5.92 Å². The fourth-order valence-corrected chi connectivity index (χ4v) is 2.69. The van der Waals surface area contributed by atoms with Gasteiger partial charge in [-0.15, -0.1) is 0 Å². The van der Waals surface area contributed by atoms with Crippen LogP contribution in [-0.4, -0.2) is 14.9 Å². The highest BCUT2D eigenvalue weighted by Gasteiger charge is 2.46. The minimum atomic E-state index is -0.775. The smallest absolute Gasteiger partial charge is 0.110 e. The van der Waals surface area contributed by atoms with Gasteiger partial charge in [-0.05, 0) is 31.6 Å². The van der Waals surface area contributed by atoms with E-state index < -0.39 is 5.60 Å². The molecule has 0 aromatic carbocycles. The van der Waals surface area contributed by atoms with E-state index in [0.717, 1.165) is 31.5 Å². The molecule has 0 saturated heterocycles. The second-order valence-corrected chi connectivity index (χ2v) is 5.02. The van der Waals surface area contributed by atoms with Crippen molar-refractivity contribution in [3.05, 3.63) is 16.9 Å². The molecule has 0 aliphatic heterocycles. The van der Waals surface area contributed by atoms with Gasteiger partial charge in [0.1, 0.15) is 5.60 Å². The number of aryl methyl sites for hydroxylation is 1. The maximum Gasteiger partial charge on any atom is 0.110 e. The Bertz CT molecular complexity index is 373. The second-order valence-electron chi connectivity index (χ2n) is 4.62. The third-order valence-corrected chi connectivity index (χ3v) is 3.71. The first-order chi connectivity index (χ1) is 7.63. The molecule has 0 spiro atoms. The lowest BCUT2D eigenvalue weighted by atomic mass is 9.90. The van der Waals surface area contributed by atoms with Crippen molar-refractivity contribution < 1.29 is 5.11 Å². The first-order valence-electron chi connectivity index (χ1n) is 6.07. The molecule has 90 valence electrons. The van der Waals surface area contributed by atoms with E-state index in [2.05, 4.69) is 12.0 Å². The molecule has 1 aliphatic rings. The molecule has 1 N–H and O–H groups in total. The molecular weight excluding hydrogens is 224 g/mol. The molecule has 0 radical (unpaired) electrons. The molecule has 0 amide bonds. The summed E-state index contributed by atoms with van der Waals surface area (Å²) in [5, 5.41) is 15.6. The van der Waals surface area contributed by atoms with Crippen molar-refractivity contribution >= 4 is 11.6 Å². The lowest BCUT2D eigenvalue weighted by Crippen LogP contribution is -2.31. The summed E-state index contributed by atoms with van der Waals surface area (Å²) in [4.78, 5) is 0. The number of aromatic nitrogens is 2. The molecular formula is C12H19ClN2O. The molecule has 2 rings (SSSR count). The molecule has 1 aliphatic carbocycles. The molecule has 1 unspecified atom stereocenters. The van der Waals surface area contributed by atoms with Gasteiger partial charge in [0.15, 0.2) is 0 Å². The van der Waals surface area contributed by atoms with Crippen LogP contribution in [0.25, 0.3) is 0 Å². The predicted octanol–water partition coefficient (Wildman–Crippen LogP) is 2.95. The summed E-state index contributed by atoms with van der Waals surface area (Å²) >= 11 is 6.17. The maximum atomic E-state index is 10.8. The molecule has 1 heterocycles. The summed E-state index contributed by atoms with van der Waals surface area (Å²) in [6.45, 7) is 4.93. The Labute approximate surface area is 101 Å². The van der Waals surface area contributed by atoms with Crippen LogP contribution in [-0.2, 0) is 12.1 Å². The van der Waals surface area contributed by atoms with Crippen LogP contribution in [0.15, 0.2) is 6.20 Å². The van der Waals surface area contributed by atoms with Crippen LogP contribution in [0.5, 0.6) is 0 Å². The fourth-order valence-electron chi connectivity index (χ4n) is 2.38. The van der Waals surface area contributed by atoms with Crippen LogP contribution in [0.3, 0.4) is 0 Å². The Kier molecular flexibility index (Phi) is 3.27. The first-order valence-corrected chi connectivity index (χ1v) is 6.45. The normalized spacial score (nSPS) is 19.8. The maximum absolute atomic E-state index is 10.8. The van der Waals surface area contributed by atoms with Gasteiger partial charge in [-0.3, -0.25) is 4.68 Å². The number of hydrogen-bond donors (Lipinski definition) is 1. The van der Waals surface area contributed by atoms with Gasteiger partial charge in [0, 0.05) is 6.54 Å². The van der Waals surface area contributed by atoms with E-state index in [4.69, 9.17) is 11.6 Å². The quantitative estimate of drug-likeness (QED) is 0.862. The zero-order chi connectivity index (χ0) is 11.8. The van der Waals surface area contributed by atoms with Gasteiger partial charge >= 0.3 is 0 Å². The fraction of sp³-hybridized carbons (Fsp3) is 0.750. The Morgan fingerprint density at radius 1 is 1.56 bits per heavy atom. The average Bonchev–Trinajstić information content (AvgIpc) is 3.05. The van der Waals surface area contributed by atoms with E-state index in [1.54, 1.807) is 6.20 Å². The highest BCUT2D eigenvalue weighted by Crippen LogP contribution is 2.49. The van der Waals surface area contributed by atoms with Crippen molar-refractivity contribution in [2.45, 2.75) is 51.7 Å². The van der Waals surface area contributed by atoms with Gasteiger partial charge in [-0.2, -0.15) is 5.10 Å². The third-order valence-electron chi connectivity index (χ3n) is 3.43. The van der Waals surface area contributed by atoms with Crippen LogP contribution < -0.4 is 0 Å². The Morgan fingerprint density at radius 2 is 2.25 bits per heavy atom. The minimum Gasteiger partial charge on any atom is -0.383 e. The first kappa shape index (κ1) is 11.9. The molecule has 1 fully saturated rings. The summed E-state index contributed by atoms with van der Waals surface area (Å²) in [7, 11) is 0. The Morgan fingerprint density at radius 3 is 2.75 bits per heavy atom. The van der Waals surface area contributed by atoms with Gasteiger partial charge in [0.25, 0.3) is 0 Å². The van der Waals surface area contributed by atoms with Crippen molar-refractivity contribution in [1.82, 2.24) is 9.78 Å². The molecule has 1 saturated carbocycles. The standard InChI is InChI=1S/C12H19ClN2O/c1-3-7-15-11(10(13)8-14-15)12(16,4-2)9-5-6-9/h8-9,16H,3-7H2,1-2H3. The zero-order valence-corrected chi connectivity index (χ0v) is 10.7. The minimum absolute atomic E-state index is 0.363. The van der Waals surface area contributed by atoms with E-state index in [-0.39, 0.29) is 0 Å². The van der Waals surface area contributed by atoms with Crippen molar-refractivity contribution in [2.75, 3.05) is 0 Å². The van der Waals surface area contributed by atoms with Crippen LogP contribution in [0, 0.1) is 5.92 Å². The zero-order valence-electron chi connectivity index (χ0n) is 9.91. The lowest BCUT2D eigenvalue weighted by molar-refractivity contribution is 0.000228. The van der Waals surface area contributed by atoms with Gasteiger partial charge in [-0.1, -0.05) is 25.4 Å². The number of aliphatic hydroxyl groups is 1. The van der Waals surface area contributed by atoms with Gasteiger partial charge in [-0.25, -0.2) is 0 Å². The largest absolute Gasteiger partial charge is 0.383 e. The van der Waals surface area contributed by atoms with E-state index in [1.807, 2.05) is 11.6 Å². The lowest BCUT2D eigenvalue weighted by Gasteiger charge is -2.28. The van der Waals surface area contributed by atoms with Crippen molar-refractivity contribution in [3.8, 4) is 0 Å². The Hall–Kier alpha value is -0.540. The molecule has 0 bridgehead atoms. The number of rotatable bonds is 5. The Balaban J connectivity index is 2.39. The van der Waals surface area contributed by atoms with Gasteiger partial charge < -0.3 is 5.11 Å². The van der Waals surface area contributed by atoms with Crippen LogP contribution in [0.1, 0.15) is 45.2 Å². The predicted molar refractivity (Wildman–Crippen MR) is 64.4 cm³/mol. The highest BCUT2D eigenvalue weighted by atomic mass is 35.5. The van der Waals surface area contributed by atoms with Crippen molar-refractivity contribution in [3.63, 3.8) is 0 Å². The summed E-state index contributed by atoms with van der Waals surface area (Å²) < 4.78 is 1.87. The van der Waals surface area contributed by atoms with E-state index in [9.17, 15) is 5.11 Å². The third kappa shape index (κ3) is 1.87. The monoisotopic (exact) mass is 242 g/mol. The summed E-state index contributed by atoms with van der Waals surface area (Å²) in [6.07, 6.45) is 5.54. The average molecular weight is 243 g/mol. The second kappa shape index (κ2) is 4.38. The summed E-state index contributed by atoms with van der Waals surface area (Å²) in [5.41, 5.74) is 0.0453. The summed E-state index contributed by atoms with van der Waals surface area (Å²) in [6, 6.07) is 0. The SMILES string of the molecule is CCCn1ncc(Cl)c1C(O)(CC)C1CC1. The van der Waals surface area contributed by atoms with Gasteiger partial charge in [0.2, 0.25) is 0 Å². The topological polar surface area (TPSA) is 38.0 Å². The highest BCUT2D eigenvalue weighted by molar-refractivity contribution is 6.31. The van der Waals surface area contributed by atoms with Crippen molar-refractivity contribution in [1.29, 1.82) is 0 Å². The van der Waals surface area contributed by atoms with Gasteiger partial charge in [0.05, 0.1) is 16.9 Å². The molecule has 1 atom stereocenters. The number of halogens is 1. The molecule has 1 aromatic rings. The van der Waals surface area contributed by atoms with E-state index >= 15 is 0 Å². The number of hydrogen-bond acceptors (Lipinski definition) is 2. The van der Waals surface area contributed by atoms with E-state index in [0.29, 0.717) is 17.4 Å². The molecule has 3 nitrogen and oxygen atoms in total.